The van der Waals surface area contributed by atoms with E-state index in [-0.39, 0.29) is 5.91 Å². The van der Waals surface area contributed by atoms with Gasteiger partial charge in [0.25, 0.3) is 5.91 Å². The summed E-state index contributed by atoms with van der Waals surface area (Å²) in [6, 6.07) is 5.49. The molecule has 0 heterocycles. The Bertz CT molecular complexity index is 399. The normalized spacial score (nSPS) is 10.4. The molecule has 0 unspecified atom stereocenters. The summed E-state index contributed by atoms with van der Waals surface area (Å²) in [7, 11) is 0. The highest BCUT2D eigenvalue weighted by Crippen LogP contribution is 2.22. The molecule has 0 saturated carbocycles. The number of carbonyl (C=O) groups excluding carboxylic acids is 1. The van der Waals surface area contributed by atoms with Crippen LogP contribution in [0.3, 0.4) is 0 Å². The molecule has 5 heteroatoms. The molecule has 2 N–H and O–H groups in total. The summed E-state index contributed by atoms with van der Waals surface area (Å²) in [5, 5.41) is 6.57. The van der Waals surface area contributed by atoms with Gasteiger partial charge in [0.15, 0.2) is 0 Å². The average Bonchev–Trinajstić information content (AvgIpc) is 2.39. The fraction of sp³-hybridized carbons (Fsp3) is 0.462. The molecule has 1 amide bonds. The molecule has 0 aliphatic heterocycles. The van der Waals surface area contributed by atoms with Crippen LogP contribution in [-0.2, 0) is 0 Å². The van der Waals surface area contributed by atoms with Gasteiger partial charge in [0.2, 0.25) is 0 Å². The fourth-order valence-electron chi connectivity index (χ4n) is 1.47. The van der Waals surface area contributed by atoms with Crippen LogP contribution >= 0.6 is 23.4 Å². The molecule has 3 nitrogen and oxygen atoms in total. The predicted molar refractivity (Wildman–Crippen MR) is 78.7 cm³/mol. The van der Waals surface area contributed by atoms with E-state index >= 15 is 0 Å². The van der Waals surface area contributed by atoms with Gasteiger partial charge in [0, 0.05) is 18.0 Å². The van der Waals surface area contributed by atoms with Crippen LogP contribution in [-0.4, -0.2) is 31.8 Å². The lowest BCUT2D eigenvalue weighted by Gasteiger charge is -2.08. The van der Waals surface area contributed by atoms with Crippen LogP contribution in [0.2, 0.25) is 5.02 Å². The second-order valence-corrected chi connectivity index (χ2v) is 5.14. The van der Waals surface area contributed by atoms with Gasteiger partial charge < -0.3 is 10.6 Å². The molecule has 0 spiro atoms. The first-order valence-corrected chi connectivity index (χ1v) is 7.61. The highest BCUT2D eigenvalue weighted by atomic mass is 35.5. The second kappa shape index (κ2) is 8.40. The maximum absolute atomic E-state index is 11.9. The summed E-state index contributed by atoms with van der Waals surface area (Å²) in [6.45, 7) is 4.47. The Kier molecular flexibility index (Phi) is 7.16. The fourth-order valence-corrected chi connectivity index (χ4v) is 2.11. The molecule has 1 rings (SSSR count). The van der Waals surface area contributed by atoms with Gasteiger partial charge in [-0.3, -0.25) is 4.79 Å². The molecule has 0 atom stereocenters. The van der Waals surface area contributed by atoms with Crippen LogP contribution in [0.25, 0.3) is 0 Å². The first-order valence-electron chi connectivity index (χ1n) is 6.01. The Morgan fingerprint density at radius 1 is 1.33 bits per heavy atom. The maximum Gasteiger partial charge on any atom is 0.252 e. The van der Waals surface area contributed by atoms with Crippen molar-refractivity contribution in [1.29, 1.82) is 0 Å². The van der Waals surface area contributed by atoms with E-state index in [1.54, 1.807) is 17.8 Å². The van der Waals surface area contributed by atoms with Gasteiger partial charge in [-0.25, -0.2) is 0 Å². The lowest BCUT2D eigenvalue weighted by atomic mass is 10.2. The number of benzene rings is 1. The number of halogens is 1. The van der Waals surface area contributed by atoms with E-state index in [9.17, 15) is 4.79 Å². The third-order valence-corrected chi connectivity index (χ3v) is 3.49. The molecule has 0 bridgehead atoms. The van der Waals surface area contributed by atoms with E-state index in [0.29, 0.717) is 17.1 Å². The highest BCUT2D eigenvalue weighted by molar-refractivity contribution is 7.98. The van der Waals surface area contributed by atoms with E-state index in [2.05, 4.69) is 17.6 Å². The molecular formula is C13H19ClN2OS. The van der Waals surface area contributed by atoms with Crippen molar-refractivity contribution in [2.24, 2.45) is 0 Å². The maximum atomic E-state index is 11.9. The average molecular weight is 287 g/mol. The van der Waals surface area contributed by atoms with Crippen molar-refractivity contribution in [3.63, 3.8) is 0 Å². The largest absolute Gasteiger partial charge is 0.351 e. The van der Waals surface area contributed by atoms with Crippen LogP contribution < -0.4 is 10.6 Å². The lowest BCUT2D eigenvalue weighted by Crippen LogP contribution is -2.32. The van der Waals surface area contributed by atoms with Crippen LogP contribution in [0.1, 0.15) is 23.7 Å². The number of thioether (sulfide) groups is 1. The van der Waals surface area contributed by atoms with Gasteiger partial charge in [-0.15, -0.1) is 11.8 Å². The molecule has 0 fully saturated rings. The SMILES string of the molecule is CCCNCCNC(=O)c1cc(SC)ccc1Cl. The van der Waals surface area contributed by atoms with Gasteiger partial charge >= 0.3 is 0 Å². The number of amides is 1. The smallest absolute Gasteiger partial charge is 0.252 e. The minimum atomic E-state index is -0.116. The molecule has 18 heavy (non-hydrogen) atoms. The molecule has 0 aliphatic carbocycles. The first-order chi connectivity index (χ1) is 8.69. The van der Waals surface area contributed by atoms with Gasteiger partial charge in [-0.1, -0.05) is 18.5 Å². The Morgan fingerprint density at radius 3 is 2.78 bits per heavy atom. The van der Waals surface area contributed by atoms with Crippen molar-refractivity contribution in [2.75, 3.05) is 25.9 Å². The highest BCUT2D eigenvalue weighted by Gasteiger charge is 2.10. The van der Waals surface area contributed by atoms with Gasteiger partial charge in [-0.2, -0.15) is 0 Å². The summed E-state index contributed by atoms with van der Waals surface area (Å²) in [5.41, 5.74) is 0.541. The molecule has 1 aromatic rings. The van der Waals surface area contributed by atoms with Crippen molar-refractivity contribution in [1.82, 2.24) is 10.6 Å². The minimum Gasteiger partial charge on any atom is -0.351 e. The monoisotopic (exact) mass is 286 g/mol. The lowest BCUT2D eigenvalue weighted by molar-refractivity contribution is 0.0954. The van der Waals surface area contributed by atoms with Crippen LogP contribution in [0.15, 0.2) is 23.1 Å². The standard InChI is InChI=1S/C13H19ClN2OS/c1-3-6-15-7-8-16-13(17)11-9-10(18-2)4-5-12(11)14/h4-5,9,15H,3,6-8H2,1-2H3,(H,16,17). The van der Waals surface area contributed by atoms with E-state index in [1.807, 2.05) is 18.4 Å². The van der Waals surface area contributed by atoms with Gasteiger partial charge in [0.05, 0.1) is 10.6 Å². The van der Waals surface area contributed by atoms with Crippen molar-refractivity contribution >= 4 is 29.3 Å². The summed E-state index contributed by atoms with van der Waals surface area (Å²) < 4.78 is 0. The third-order valence-electron chi connectivity index (χ3n) is 2.43. The first kappa shape index (κ1) is 15.3. The van der Waals surface area contributed by atoms with Crippen LogP contribution in [0.4, 0.5) is 0 Å². The molecule has 0 aromatic heterocycles. The molecule has 0 aliphatic rings. The Hall–Kier alpha value is -0.710. The number of hydrogen-bond donors (Lipinski definition) is 2. The van der Waals surface area contributed by atoms with E-state index in [1.165, 1.54) is 0 Å². The van der Waals surface area contributed by atoms with E-state index < -0.39 is 0 Å². The molecule has 0 radical (unpaired) electrons. The molecule has 0 saturated heterocycles. The Morgan fingerprint density at radius 2 is 2.11 bits per heavy atom. The summed E-state index contributed by atoms with van der Waals surface area (Å²) in [5.74, 6) is -0.116. The number of rotatable bonds is 7. The molecule has 1 aromatic carbocycles. The molecular weight excluding hydrogens is 268 g/mol. The minimum absolute atomic E-state index is 0.116. The summed E-state index contributed by atoms with van der Waals surface area (Å²) >= 11 is 7.62. The number of hydrogen-bond acceptors (Lipinski definition) is 3. The van der Waals surface area contributed by atoms with E-state index in [4.69, 9.17) is 11.6 Å². The second-order valence-electron chi connectivity index (χ2n) is 3.85. The van der Waals surface area contributed by atoms with Crippen molar-refractivity contribution in [3.8, 4) is 0 Å². The van der Waals surface area contributed by atoms with Crippen molar-refractivity contribution in [3.05, 3.63) is 28.8 Å². The zero-order chi connectivity index (χ0) is 13.4. The van der Waals surface area contributed by atoms with Crippen LogP contribution in [0.5, 0.6) is 0 Å². The van der Waals surface area contributed by atoms with Crippen molar-refractivity contribution < 1.29 is 4.79 Å². The Balaban J connectivity index is 2.50. The Labute approximate surface area is 118 Å². The summed E-state index contributed by atoms with van der Waals surface area (Å²) in [6.07, 6.45) is 3.06. The quantitative estimate of drug-likeness (QED) is 0.598. The summed E-state index contributed by atoms with van der Waals surface area (Å²) in [4.78, 5) is 13.0. The predicted octanol–water partition coefficient (Wildman–Crippen LogP) is 2.79. The topological polar surface area (TPSA) is 41.1 Å². The van der Waals surface area contributed by atoms with Crippen LogP contribution in [0, 0.1) is 0 Å². The zero-order valence-electron chi connectivity index (χ0n) is 10.8. The van der Waals surface area contributed by atoms with E-state index in [0.717, 1.165) is 24.4 Å². The van der Waals surface area contributed by atoms with Gasteiger partial charge in [-0.05, 0) is 37.4 Å². The zero-order valence-corrected chi connectivity index (χ0v) is 12.3. The van der Waals surface area contributed by atoms with Gasteiger partial charge in [0.1, 0.15) is 0 Å². The number of nitrogens with one attached hydrogen (secondary N) is 2. The third kappa shape index (κ3) is 4.88. The number of carbonyl (C=O) groups is 1. The van der Waals surface area contributed by atoms with Crippen molar-refractivity contribution in [2.45, 2.75) is 18.2 Å². The molecule has 100 valence electrons.